The molecule has 0 atom stereocenters. The van der Waals surface area contributed by atoms with E-state index in [4.69, 9.17) is 4.42 Å². The van der Waals surface area contributed by atoms with E-state index in [9.17, 15) is 4.79 Å². The summed E-state index contributed by atoms with van der Waals surface area (Å²) in [6, 6.07) is 43.8. The number of carbonyl (C=O) groups excluding carboxylic acids is 1. The summed E-state index contributed by atoms with van der Waals surface area (Å²) in [4.78, 5) is 11.0. The predicted molar refractivity (Wildman–Crippen MR) is 128 cm³/mol. The lowest BCUT2D eigenvalue weighted by molar-refractivity contribution is 0.110. The molecule has 0 radical (unpaired) electrons. The Kier molecular flexibility index (Phi) is 5.27. The molecular formula is C30H22O2. The smallest absolute Gasteiger partial charge is 0.185 e. The first-order chi connectivity index (χ1) is 15.8. The lowest BCUT2D eigenvalue weighted by Crippen LogP contribution is -2.30. The van der Waals surface area contributed by atoms with E-state index in [1.54, 1.807) is 6.07 Å². The van der Waals surface area contributed by atoms with Crippen molar-refractivity contribution >= 4 is 6.29 Å². The molecule has 1 aromatic heterocycles. The zero-order valence-corrected chi connectivity index (χ0v) is 17.5. The number of hydrogen-bond acceptors (Lipinski definition) is 2. The van der Waals surface area contributed by atoms with E-state index < -0.39 is 5.41 Å². The topological polar surface area (TPSA) is 30.2 Å². The standard InChI is InChI=1S/C30H22O2/c31-22-28-20-21-29(32-28)23-16-18-27(19-17-23)30(24-10-4-1-5-11-24,25-12-6-2-7-13-25)26-14-8-3-9-15-26/h1-22H. The normalized spacial score (nSPS) is 11.2. The van der Waals surface area contributed by atoms with Crippen LogP contribution < -0.4 is 0 Å². The maximum Gasteiger partial charge on any atom is 0.185 e. The van der Waals surface area contributed by atoms with Crippen LogP contribution in [0, 0.1) is 0 Å². The van der Waals surface area contributed by atoms with E-state index >= 15 is 0 Å². The van der Waals surface area contributed by atoms with Gasteiger partial charge in [-0.05, 0) is 34.4 Å². The van der Waals surface area contributed by atoms with Crippen molar-refractivity contribution in [1.29, 1.82) is 0 Å². The monoisotopic (exact) mass is 414 g/mol. The molecule has 32 heavy (non-hydrogen) atoms. The van der Waals surface area contributed by atoms with Gasteiger partial charge < -0.3 is 4.42 Å². The number of furan rings is 1. The van der Waals surface area contributed by atoms with Crippen molar-refractivity contribution in [1.82, 2.24) is 0 Å². The Morgan fingerprint density at radius 1 is 0.500 bits per heavy atom. The Balaban J connectivity index is 1.75. The van der Waals surface area contributed by atoms with Crippen molar-refractivity contribution in [3.8, 4) is 11.3 Å². The first-order valence-corrected chi connectivity index (χ1v) is 10.6. The Hall–Kier alpha value is -4.17. The summed E-state index contributed by atoms with van der Waals surface area (Å²) in [7, 11) is 0. The van der Waals surface area contributed by atoms with Gasteiger partial charge in [0.15, 0.2) is 12.0 Å². The molecule has 0 saturated heterocycles. The number of hydrogen-bond donors (Lipinski definition) is 0. The summed E-state index contributed by atoms with van der Waals surface area (Å²) >= 11 is 0. The number of aldehydes is 1. The summed E-state index contributed by atoms with van der Waals surface area (Å²) in [5.74, 6) is 1.01. The minimum absolute atomic E-state index is 0.330. The van der Waals surface area contributed by atoms with Crippen LogP contribution in [0.3, 0.4) is 0 Å². The molecule has 154 valence electrons. The van der Waals surface area contributed by atoms with Gasteiger partial charge in [-0.1, -0.05) is 115 Å². The number of rotatable bonds is 6. The second-order valence-corrected chi connectivity index (χ2v) is 7.75. The molecule has 4 aromatic carbocycles. The zero-order chi connectivity index (χ0) is 21.8. The van der Waals surface area contributed by atoms with Crippen LogP contribution in [-0.2, 0) is 5.41 Å². The van der Waals surface area contributed by atoms with Gasteiger partial charge in [-0.25, -0.2) is 0 Å². The molecule has 1 heterocycles. The van der Waals surface area contributed by atoms with E-state index in [1.807, 2.05) is 6.07 Å². The Morgan fingerprint density at radius 2 is 0.938 bits per heavy atom. The van der Waals surface area contributed by atoms with Gasteiger partial charge in [-0.2, -0.15) is 0 Å². The molecule has 0 fully saturated rings. The van der Waals surface area contributed by atoms with Gasteiger partial charge in [0.05, 0.1) is 5.41 Å². The summed E-state index contributed by atoms with van der Waals surface area (Å²) in [6.07, 6.45) is 0.725. The maximum atomic E-state index is 11.0. The zero-order valence-electron chi connectivity index (χ0n) is 17.5. The third-order valence-corrected chi connectivity index (χ3v) is 5.97. The highest BCUT2D eigenvalue weighted by atomic mass is 16.3. The van der Waals surface area contributed by atoms with Crippen molar-refractivity contribution in [2.45, 2.75) is 5.41 Å². The van der Waals surface area contributed by atoms with E-state index in [0.717, 1.165) is 17.4 Å². The van der Waals surface area contributed by atoms with Gasteiger partial charge in [0.25, 0.3) is 0 Å². The molecule has 0 N–H and O–H groups in total. The number of benzene rings is 4. The molecule has 5 rings (SSSR count). The molecule has 0 amide bonds. The molecule has 0 aliphatic rings. The second kappa shape index (κ2) is 8.52. The van der Waals surface area contributed by atoms with Crippen molar-refractivity contribution in [2.24, 2.45) is 0 Å². The molecule has 0 bridgehead atoms. The van der Waals surface area contributed by atoms with E-state index in [1.165, 1.54) is 16.7 Å². The average Bonchev–Trinajstić information content (AvgIpc) is 3.37. The fourth-order valence-corrected chi connectivity index (χ4v) is 4.52. The first-order valence-electron chi connectivity index (χ1n) is 10.6. The maximum absolute atomic E-state index is 11.0. The van der Waals surface area contributed by atoms with Gasteiger partial charge in [0, 0.05) is 5.56 Å². The van der Waals surface area contributed by atoms with Crippen LogP contribution in [0.5, 0.6) is 0 Å². The second-order valence-electron chi connectivity index (χ2n) is 7.75. The molecule has 0 spiro atoms. The van der Waals surface area contributed by atoms with E-state index in [-0.39, 0.29) is 0 Å². The van der Waals surface area contributed by atoms with Gasteiger partial charge in [-0.15, -0.1) is 0 Å². The summed E-state index contributed by atoms with van der Waals surface area (Å²) < 4.78 is 5.63. The molecule has 5 aromatic rings. The van der Waals surface area contributed by atoms with Crippen molar-refractivity contribution < 1.29 is 9.21 Å². The predicted octanol–water partition coefficient (Wildman–Crippen LogP) is 7.14. The highest BCUT2D eigenvalue weighted by molar-refractivity contribution is 5.73. The van der Waals surface area contributed by atoms with Crippen LogP contribution >= 0.6 is 0 Å². The highest BCUT2D eigenvalue weighted by Gasteiger charge is 2.38. The molecule has 0 aliphatic carbocycles. The van der Waals surface area contributed by atoms with Crippen molar-refractivity contribution in [3.63, 3.8) is 0 Å². The summed E-state index contributed by atoms with van der Waals surface area (Å²) in [5, 5.41) is 0. The Morgan fingerprint density at radius 3 is 1.34 bits per heavy atom. The Bertz CT molecular complexity index is 1210. The minimum Gasteiger partial charge on any atom is -0.453 e. The third kappa shape index (κ3) is 3.36. The molecule has 2 heteroatoms. The minimum atomic E-state index is -0.473. The molecule has 0 saturated carbocycles. The Labute approximate surface area is 187 Å². The van der Waals surface area contributed by atoms with Gasteiger partial charge in [0.1, 0.15) is 5.76 Å². The first kappa shape index (κ1) is 19.8. The quantitative estimate of drug-likeness (QED) is 0.218. The average molecular weight is 415 g/mol. The SMILES string of the molecule is O=Cc1ccc(-c2ccc(C(c3ccccc3)(c3ccccc3)c3ccccc3)cc2)o1. The molecule has 0 aliphatic heterocycles. The largest absolute Gasteiger partial charge is 0.453 e. The highest BCUT2D eigenvalue weighted by Crippen LogP contribution is 2.45. The van der Waals surface area contributed by atoms with Crippen LogP contribution in [0.4, 0.5) is 0 Å². The number of carbonyl (C=O) groups is 1. The third-order valence-electron chi connectivity index (χ3n) is 5.97. The lowest BCUT2D eigenvalue weighted by atomic mass is 9.65. The molecular weight excluding hydrogens is 392 g/mol. The van der Waals surface area contributed by atoms with Gasteiger partial charge in [-0.3, -0.25) is 4.79 Å². The van der Waals surface area contributed by atoms with Crippen LogP contribution in [-0.4, -0.2) is 6.29 Å². The molecule has 2 nitrogen and oxygen atoms in total. The van der Waals surface area contributed by atoms with E-state index in [0.29, 0.717) is 11.5 Å². The summed E-state index contributed by atoms with van der Waals surface area (Å²) in [6.45, 7) is 0. The van der Waals surface area contributed by atoms with Crippen LogP contribution in [0.15, 0.2) is 132 Å². The van der Waals surface area contributed by atoms with Gasteiger partial charge in [0.2, 0.25) is 0 Å². The fourth-order valence-electron chi connectivity index (χ4n) is 4.52. The lowest BCUT2D eigenvalue weighted by Gasteiger charge is -2.37. The van der Waals surface area contributed by atoms with Crippen molar-refractivity contribution in [2.75, 3.05) is 0 Å². The molecule has 0 unspecified atom stereocenters. The van der Waals surface area contributed by atoms with E-state index in [2.05, 4.69) is 115 Å². The fraction of sp³-hybridized carbons (Fsp3) is 0.0333. The van der Waals surface area contributed by atoms with Crippen LogP contribution in [0.1, 0.15) is 32.8 Å². The van der Waals surface area contributed by atoms with Gasteiger partial charge >= 0.3 is 0 Å². The van der Waals surface area contributed by atoms with Crippen molar-refractivity contribution in [3.05, 3.63) is 155 Å². The van der Waals surface area contributed by atoms with Crippen LogP contribution in [0.25, 0.3) is 11.3 Å². The van der Waals surface area contributed by atoms with Crippen LogP contribution in [0.2, 0.25) is 0 Å². The summed E-state index contributed by atoms with van der Waals surface area (Å²) in [5.41, 5.74) is 5.22.